The lowest BCUT2D eigenvalue weighted by Crippen LogP contribution is -2.28. The van der Waals surface area contributed by atoms with Crippen LogP contribution in [0.4, 0.5) is 4.39 Å². The molecule has 0 saturated heterocycles. The van der Waals surface area contributed by atoms with Crippen molar-refractivity contribution in [2.75, 3.05) is 6.54 Å². The summed E-state index contributed by atoms with van der Waals surface area (Å²) in [6.07, 6.45) is 1.99. The Kier molecular flexibility index (Phi) is 3.60. The number of hydrogen-bond donors (Lipinski definition) is 1. The Bertz CT molecular complexity index is 565. The summed E-state index contributed by atoms with van der Waals surface area (Å²) in [6, 6.07) is 15.6. The van der Waals surface area contributed by atoms with Gasteiger partial charge in [-0.2, -0.15) is 0 Å². The van der Waals surface area contributed by atoms with E-state index in [4.69, 9.17) is 0 Å². The third kappa shape index (κ3) is 2.85. The molecule has 1 nitrogen and oxygen atoms in total. The lowest BCUT2D eigenvalue weighted by Gasteiger charge is -2.26. The molecule has 2 heteroatoms. The lowest BCUT2D eigenvalue weighted by atomic mass is 9.86. The second kappa shape index (κ2) is 5.54. The van der Waals surface area contributed by atoms with Gasteiger partial charge in [-0.3, -0.25) is 0 Å². The average molecular weight is 255 g/mol. The van der Waals surface area contributed by atoms with E-state index in [0.717, 1.165) is 31.5 Å². The van der Waals surface area contributed by atoms with Gasteiger partial charge in [-0.15, -0.1) is 0 Å². The van der Waals surface area contributed by atoms with E-state index in [2.05, 4.69) is 29.6 Å². The largest absolute Gasteiger partial charge is 0.312 e. The Balaban J connectivity index is 1.71. The van der Waals surface area contributed by atoms with Gasteiger partial charge in [-0.1, -0.05) is 36.4 Å². The number of rotatable bonds is 3. The van der Waals surface area contributed by atoms with Crippen LogP contribution in [-0.2, 0) is 13.0 Å². The van der Waals surface area contributed by atoms with Gasteiger partial charge in [-0.05, 0) is 47.6 Å². The summed E-state index contributed by atoms with van der Waals surface area (Å²) in [7, 11) is 0. The average Bonchev–Trinajstić information content (AvgIpc) is 2.45. The molecule has 0 amide bonds. The van der Waals surface area contributed by atoms with Gasteiger partial charge < -0.3 is 5.32 Å². The van der Waals surface area contributed by atoms with Gasteiger partial charge in [0, 0.05) is 13.1 Å². The molecule has 0 saturated carbocycles. The summed E-state index contributed by atoms with van der Waals surface area (Å²) in [5.41, 5.74) is 3.94. The van der Waals surface area contributed by atoms with E-state index in [1.807, 2.05) is 6.07 Å². The van der Waals surface area contributed by atoms with Crippen molar-refractivity contribution >= 4 is 0 Å². The Hall–Kier alpha value is -1.67. The predicted octanol–water partition coefficient (Wildman–Crippen LogP) is 3.65. The molecule has 0 radical (unpaired) electrons. The summed E-state index contributed by atoms with van der Waals surface area (Å²) in [5.74, 6) is 0.396. The topological polar surface area (TPSA) is 12.0 Å². The molecule has 1 unspecified atom stereocenters. The molecular weight excluding hydrogens is 237 g/mol. The number of benzene rings is 2. The van der Waals surface area contributed by atoms with Crippen molar-refractivity contribution in [1.29, 1.82) is 0 Å². The Morgan fingerprint density at radius 3 is 2.89 bits per heavy atom. The van der Waals surface area contributed by atoms with Crippen LogP contribution in [0.5, 0.6) is 0 Å². The number of fused-ring (bicyclic) bond motifs is 1. The molecule has 0 bridgehead atoms. The first kappa shape index (κ1) is 12.4. The zero-order valence-electron chi connectivity index (χ0n) is 10.9. The normalized spacial score (nSPS) is 18.1. The molecule has 1 N–H and O–H groups in total. The number of hydrogen-bond acceptors (Lipinski definition) is 1. The Labute approximate surface area is 113 Å². The van der Waals surface area contributed by atoms with Crippen LogP contribution in [0.15, 0.2) is 48.5 Å². The molecule has 19 heavy (non-hydrogen) atoms. The number of aryl methyl sites for hydroxylation is 1. The van der Waals surface area contributed by atoms with Gasteiger partial charge in [0.05, 0.1) is 0 Å². The van der Waals surface area contributed by atoms with Crippen LogP contribution in [0.25, 0.3) is 0 Å². The number of nitrogens with one attached hydrogen (secondary N) is 1. The van der Waals surface area contributed by atoms with Gasteiger partial charge in [0.15, 0.2) is 0 Å². The molecule has 98 valence electrons. The van der Waals surface area contributed by atoms with E-state index in [1.54, 1.807) is 12.1 Å². The number of halogens is 1. The first-order chi connectivity index (χ1) is 9.33. The van der Waals surface area contributed by atoms with E-state index in [9.17, 15) is 4.39 Å². The van der Waals surface area contributed by atoms with E-state index >= 15 is 0 Å². The van der Waals surface area contributed by atoms with Crippen molar-refractivity contribution in [3.8, 4) is 0 Å². The fraction of sp³-hybridized carbons (Fsp3) is 0.294. The first-order valence-electron chi connectivity index (χ1n) is 6.86. The zero-order valence-corrected chi connectivity index (χ0v) is 10.9. The van der Waals surface area contributed by atoms with Gasteiger partial charge in [-0.25, -0.2) is 4.39 Å². The quantitative estimate of drug-likeness (QED) is 0.883. The van der Waals surface area contributed by atoms with Crippen molar-refractivity contribution in [1.82, 2.24) is 5.32 Å². The third-order valence-corrected chi connectivity index (χ3v) is 3.87. The molecule has 0 fully saturated rings. The van der Waals surface area contributed by atoms with Gasteiger partial charge in [0.1, 0.15) is 5.82 Å². The van der Waals surface area contributed by atoms with Crippen LogP contribution in [-0.4, -0.2) is 6.54 Å². The minimum absolute atomic E-state index is 0.139. The zero-order chi connectivity index (χ0) is 13.1. The molecule has 2 aromatic carbocycles. The van der Waals surface area contributed by atoms with Crippen molar-refractivity contribution in [3.05, 3.63) is 71.0 Å². The second-order valence-electron chi connectivity index (χ2n) is 5.20. The van der Waals surface area contributed by atoms with Crippen LogP contribution < -0.4 is 5.32 Å². The Morgan fingerprint density at radius 1 is 1.11 bits per heavy atom. The van der Waals surface area contributed by atoms with Crippen molar-refractivity contribution < 1.29 is 4.39 Å². The second-order valence-corrected chi connectivity index (χ2v) is 5.20. The maximum atomic E-state index is 13.2. The highest BCUT2D eigenvalue weighted by Crippen LogP contribution is 2.27. The molecule has 1 atom stereocenters. The van der Waals surface area contributed by atoms with E-state index < -0.39 is 0 Å². The Morgan fingerprint density at radius 2 is 2.00 bits per heavy atom. The highest BCUT2D eigenvalue weighted by atomic mass is 19.1. The summed E-state index contributed by atoms with van der Waals surface area (Å²) in [5, 5.41) is 3.46. The molecule has 1 heterocycles. The minimum Gasteiger partial charge on any atom is -0.312 e. The SMILES string of the molecule is Fc1cccc(CCC2CNCc3ccccc32)c1. The van der Waals surface area contributed by atoms with E-state index in [1.165, 1.54) is 17.2 Å². The molecule has 0 aromatic heterocycles. The van der Waals surface area contributed by atoms with E-state index in [0.29, 0.717) is 5.92 Å². The standard InChI is InChI=1S/C17H18FN/c18-16-6-3-4-13(10-16)8-9-15-12-19-11-14-5-1-2-7-17(14)15/h1-7,10,15,19H,8-9,11-12H2. The van der Waals surface area contributed by atoms with Crippen molar-refractivity contribution in [3.63, 3.8) is 0 Å². The molecule has 2 aromatic rings. The predicted molar refractivity (Wildman–Crippen MR) is 75.6 cm³/mol. The molecule has 3 rings (SSSR count). The highest BCUT2D eigenvalue weighted by molar-refractivity contribution is 5.33. The molecule has 1 aliphatic heterocycles. The highest BCUT2D eigenvalue weighted by Gasteiger charge is 2.18. The smallest absolute Gasteiger partial charge is 0.123 e. The summed E-state index contributed by atoms with van der Waals surface area (Å²) < 4.78 is 13.2. The maximum absolute atomic E-state index is 13.2. The van der Waals surface area contributed by atoms with E-state index in [-0.39, 0.29) is 5.82 Å². The maximum Gasteiger partial charge on any atom is 0.123 e. The van der Waals surface area contributed by atoms with Crippen LogP contribution in [0.3, 0.4) is 0 Å². The summed E-state index contributed by atoms with van der Waals surface area (Å²) in [4.78, 5) is 0. The lowest BCUT2D eigenvalue weighted by molar-refractivity contribution is 0.513. The summed E-state index contributed by atoms with van der Waals surface area (Å²) >= 11 is 0. The third-order valence-electron chi connectivity index (χ3n) is 3.87. The monoisotopic (exact) mass is 255 g/mol. The van der Waals surface area contributed by atoms with Crippen LogP contribution in [0, 0.1) is 5.82 Å². The van der Waals surface area contributed by atoms with Crippen molar-refractivity contribution in [2.24, 2.45) is 0 Å². The van der Waals surface area contributed by atoms with Gasteiger partial charge in [0.25, 0.3) is 0 Å². The molecule has 0 aliphatic carbocycles. The molecule has 0 spiro atoms. The fourth-order valence-electron chi connectivity index (χ4n) is 2.88. The molecular formula is C17H18FN. The van der Waals surface area contributed by atoms with Crippen molar-refractivity contribution in [2.45, 2.75) is 25.3 Å². The minimum atomic E-state index is -0.139. The summed E-state index contributed by atoms with van der Waals surface area (Å²) in [6.45, 7) is 1.99. The van der Waals surface area contributed by atoms with Crippen LogP contribution in [0.1, 0.15) is 29.0 Å². The molecule has 1 aliphatic rings. The van der Waals surface area contributed by atoms with Gasteiger partial charge >= 0.3 is 0 Å². The van der Waals surface area contributed by atoms with Crippen LogP contribution in [0.2, 0.25) is 0 Å². The fourth-order valence-corrected chi connectivity index (χ4v) is 2.88. The van der Waals surface area contributed by atoms with Crippen LogP contribution >= 0.6 is 0 Å². The first-order valence-corrected chi connectivity index (χ1v) is 6.86. The van der Waals surface area contributed by atoms with Gasteiger partial charge in [0.2, 0.25) is 0 Å².